The lowest BCUT2D eigenvalue weighted by molar-refractivity contribution is 0.273. The third-order valence-electron chi connectivity index (χ3n) is 3.50. The Labute approximate surface area is 130 Å². The Bertz CT molecular complexity index is 560. The van der Waals surface area contributed by atoms with Crippen LogP contribution in [0.1, 0.15) is 23.5 Å². The summed E-state index contributed by atoms with van der Waals surface area (Å²) in [5, 5.41) is 22.9. The summed E-state index contributed by atoms with van der Waals surface area (Å²) in [4.78, 5) is 0. The van der Waals surface area contributed by atoms with Crippen LogP contribution in [0.15, 0.2) is 48.5 Å². The molecule has 0 heterocycles. The standard InChI is InChI=1S/C17H20ClNO2/c18-16-6-7-17(21)15(10-16)12-19-11-14(8-9-20)13-4-2-1-3-5-13/h1-7,10,14,19-21H,8-9,11-12H2. The van der Waals surface area contributed by atoms with Crippen LogP contribution in [-0.4, -0.2) is 23.4 Å². The Balaban J connectivity index is 1.95. The third-order valence-corrected chi connectivity index (χ3v) is 3.73. The van der Waals surface area contributed by atoms with Gasteiger partial charge in [0, 0.05) is 30.3 Å². The summed E-state index contributed by atoms with van der Waals surface area (Å²) in [6.45, 7) is 1.43. The molecule has 2 aromatic carbocycles. The number of aromatic hydroxyl groups is 1. The second-order valence-corrected chi connectivity index (χ2v) is 5.46. The SMILES string of the molecule is OCCC(CNCc1cc(Cl)ccc1O)c1ccccc1. The van der Waals surface area contributed by atoms with Gasteiger partial charge in [-0.05, 0) is 36.1 Å². The van der Waals surface area contributed by atoms with Crippen LogP contribution in [0.3, 0.4) is 0 Å². The highest BCUT2D eigenvalue weighted by atomic mass is 35.5. The topological polar surface area (TPSA) is 52.5 Å². The van der Waals surface area contributed by atoms with Crippen LogP contribution >= 0.6 is 11.6 Å². The first-order valence-corrected chi connectivity index (χ1v) is 7.42. The number of benzene rings is 2. The molecule has 3 nitrogen and oxygen atoms in total. The lowest BCUT2D eigenvalue weighted by Gasteiger charge is -2.17. The molecule has 1 unspecified atom stereocenters. The molecule has 112 valence electrons. The average molecular weight is 306 g/mol. The van der Waals surface area contributed by atoms with E-state index in [0.717, 1.165) is 12.1 Å². The minimum absolute atomic E-state index is 0.156. The highest BCUT2D eigenvalue weighted by molar-refractivity contribution is 6.30. The van der Waals surface area contributed by atoms with Gasteiger partial charge in [0.2, 0.25) is 0 Å². The van der Waals surface area contributed by atoms with Crippen molar-refractivity contribution in [1.82, 2.24) is 5.32 Å². The molecule has 0 radical (unpaired) electrons. The van der Waals surface area contributed by atoms with E-state index in [4.69, 9.17) is 11.6 Å². The summed E-state index contributed by atoms with van der Waals surface area (Å²) in [5.41, 5.74) is 1.98. The van der Waals surface area contributed by atoms with Crippen molar-refractivity contribution in [2.75, 3.05) is 13.2 Å². The number of halogens is 1. The van der Waals surface area contributed by atoms with E-state index in [9.17, 15) is 10.2 Å². The summed E-state index contributed by atoms with van der Waals surface area (Å²) in [5.74, 6) is 0.489. The predicted molar refractivity (Wildman–Crippen MR) is 85.7 cm³/mol. The first kappa shape index (κ1) is 15.8. The zero-order valence-corrected chi connectivity index (χ0v) is 12.6. The van der Waals surface area contributed by atoms with Crippen LogP contribution in [0.4, 0.5) is 0 Å². The van der Waals surface area contributed by atoms with Crippen molar-refractivity contribution in [3.63, 3.8) is 0 Å². The second kappa shape index (κ2) is 8.03. The van der Waals surface area contributed by atoms with Crippen LogP contribution in [0, 0.1) is 0 Å². The number of hydrogen-bond donors (Lipinski definition) is 3. The van der Waals surface area contributed by atoms with E-state index >= 15 is 0 Å². The molecule has 1 atom stereocenters. The van der Waals surface area contributed by atoms with Crippen molar-refractivity contribution in [2.45, 2.75) is 18.9 Å². The van der Waals surface area contributed by atoms with Crippen LogP contribution in [0.2, 0.25) is 5.02 Å². The number of aliphatic hydroxyl groups is 1. The largest absolute Gasteiger partial charge is 0.508 e. The van der Waals surface area contributed by atoms with Crippen LogP contribution < -0.4 is 5.32 Å². The molecule has 0 saturated carbocycles. The fourth-order valence-electron chi connectivity index (χ4n) is 2.34. The molecule has 0 saturated heterocycles. The number of phenols is 1. The maximum Gasteiger partial charge on any atom is 0.120 e. The van der Waals surface area contributed by atoms with Gasteiger partial charge in [0.15, 0.2) is 0 Å². The van der Waals surface area contributed by atoms with E-state index in [-0.39, 0.29) is 18.3 Å². The van der Waals surface area contributed by atoms with Crippen molar-refractivity contribution in [3.05, 3.63) is 64.7 Å². The molecule has 21 heavy (non-hydrogen) atoms. The van der Waals surface area contributed by atoms with Gasteiger partial charge in [-0.15, -0.1) is 0 Å². The van der Waals surface area contributed by atoms with Gasteiger partial charge in [-0.25, -0.2) is 0 Å². The number of rotatable bonds is 7. The van der Waals surface area contributed by atoms with E-state index < -0.39 is 0 Å². The Morgan fingerprint density at radius 2 is 1.86 bits per heavy atom. The van der Waals surface area contributed by atoms with Gasteiger partial charge in [0.25, 0.3) is 0 Å². The summed E-state index contributed by atoms with van der Waals surface area (Å²) in [6, 6.07) is 15.1. The molecular weight excluding hydrogens is 286 g/mol. The Morgan fingerprint density at radius 3 is 2.57 bits per heavy atom. The molecule has 2 rings (SSSR count). The van der Waals surface area contributed by atoms with E-state index in [1.165, 1.54) is 5.56 Å². The molecule has 0 aliphatic rings. The molecule has 3 N–H and O–H groups in total. The fraction of sp³-hybridized carbons (Fsp3) is 0.294. The zero-order chi connectivity index (χ0) is 15.1. The van der Waals surface area contributed by atoms with Crippen molar-refractivity contribution in [2.24, 2.45) is 0 Å². The molecule has 0 amide bonds. The molecule has 2 aromatic rings. The van der Waals surface area contributed by atoms with Gasteiger partial charge < -0.3 is 15.5 Å². The normalized spacial score (nSPS) is 12.3. The molecule has 4 heteroatoms. The summed E-state index contributed by atoms with van der Waals surface area (Å²) in [6.07, 6.45) is 0.707. The molecular formula is C17H20ClNO2. The predicted octanol–water partition coefficient (Wildman–Crippen LogP) is 3.30. The number of nitrogens with one attached hydrogen (secondary N) is 1. The van der Waals surface area contributed by atoms with Crippen molar-refractivity contribution >= 4 is 11.6 Å². The molecule has 0 aromatic heterocycles. The number of aliphatic hydroxyl groups excluding tert-OH is 1. The molecule has 0 bridgehead atoms. The monoisotopic (exact) mass is 305 g/mol. The Morgan fingerprint density at radius 1 is 1.10 bits per heavy atom. The quantitative estimate of drug-likeness (QED) is 0.735. The van der Waals surface area contributed by atoms with Crippen molar-refractivity contribution in [1.29, 1.82) is 0 Å². The highest BCUT2D eigenvalue weighted by Gasteiger charge is 2.11. The first-order valence-electron chi connectivity index (χ1n) is 7.04. The maximum absolute atomic E-state index is 9.78. The Hall–Kier alpha value is -1.55. The summed E-state index contributed by atoms with van der Waals surface area (Å²) < 4.78 is 0. The van der Waals surface area contributed by atoms with Crippen LogP contribution in [0.5, 0.6) is 5.75 Å². The van der Waals surface area contributed by atoms with E-state index in [1.807, 2.05) is 18.2 Å². The van der Waals surface area contributed by atoms with Crippen LogP contribution in [-0.2, 0) is 6.54 Å². The smallest absolute Gasteiger partial charge is 0.120 e. The van der Waals surface area contributed by atoms with Crippen molar-refractivity contribution < 1.29 is 10.2 Å². The van der Waals surface area contributed by atoms with Gasteiger partial charge >= 0.3 is 0 Å². The lowest BCUT2D eigenvalue weighted by atomic mass is 9.96. The van der Waals surface area contributed by atoms with E-state index in [1.54, 1.807) is 18.2 Å². The number of hydrogen-bond acceptors (Lipinski definition) is 3. The molecule has 0 aliphatic carbocycles. The third kappa shape index (κ3) is 4.74. The lowest BCUT2D eigenvalue weighted by Crippen LogP contribution is -2.22. The van der Waals surface area contributed by atoms with Gasteiger partial charge in [-0.2, -0.15) is 0 Å². The summed E-state index contributed by atoms with van der Waals surface area (Å²) >= 11 is 5.93. The molecule has 0 aliphatic heterocycles. The van der Waals surface area contributed by atoms with E-state index in [2.05, 4.69) is 17.4 Å². The molecule has 0 fully saturated rings. The van der Waals surface area contributed by atoms with Crippen LogP contribution in [0.25, 0.3) is 0 Å². The van der Waals surface area contributed by atoms with E-state index in [0.29, 0.717) is 18.0 Å². The van der Waals surface area contributed by atoms with Gasteiger partial charge in [-0.1, -0.05) is 41.9 Å². The molecule has 0 spiro atoms. The maximum atomic E-state index is 9.78. The minimum atomic E-state index is 0.156. The number of phenolic OH excluding ortho intramolecular Hbond substituents is 1. The highest BCUT2D eigenvalue weighted by Crippen LogP contribution is 2.22. The fourth-order valence-corrected chi connectivity index (χ4v) is 2.54. The van der Waals surface area contributed by atoms with Gasteiger partial charge in [0.1, 0.15) is 5.75 Å². The first-order chi connectivity index (χ1) is 10.2. The zero-order valence-electron chi connectivity index (χ0n) is 11.8. The van der Waals surface area contributed by atoms with Gasteiger partial charge in [-0.3, -0.25) is 0 Å². The van der Waals surface area contributed by atoms with Crippen molar-refractivity contribution in [3.8, 4) is 5.75 Å². The summed E-state index contributed by atoms with van der Waals surface area (Å²) in [7, 11) is 0. The Kier molecular flexibility index (Phi) is 6.05. The minimum Gasteiger partial charge on any atom is -0.508 e. The average Bonchev–Trinajstić information content (AvgIpc) is 2.51. The van der Waals surface area contributed by atoms with Gasteiger partial charge in [0.05, 0.1) is 0 Å². The second-order valence-electron chi connectivity index (χ2n) is 5.02.